The zero-order chi connectivity index (χ0) is 12.4. The highest BCUT2D eigenvalue weighted by atomic mass is 16.5. The maximum atomic E-state index is 5.14. The lowest BCUT2D eigenvalue weighted by Crippen LogP contribution is -2.01. The lowest BCUT2D eigenvalue weighted by molar-refractivity contribution is 0.174. The molecule has 6 nitrogen and oxygen atoms in total. The highest BCUT2D eigenvalue weighted by Gasteiger charge is 2.09. The summed E-state index contributed by atoms with van der Waals surface area (Å²) in [6, 6.07) is 7.99. The Balaban J connectivity index is 1.87. The average Bonchev–Trinajstić information content (AvgIpc) is 2.99. The van der Waals surface area contributed by atoms with E-state index in [1.54, 1.807) is 7.11 Å². The molecular formula is C12H12N4O2. The van der Waals surface area contributed by atoms with Crippen LogP contribution < -0.4 is 0 Å². The number of aromatic nitrogens is 4. The molecule has 3 rings (SSSR count). The van der Waals surface area contributed by atoms with Crippen LogP contribution in [-0.2, 0) is 17.9 Å². The van der Waals surface area contributed by atoms with Crippen molar-refractivity contribution in [2.24, 2.45) is 0 Å². The zero-order valence-electron chi connectivity index (χ0n) is 9.91. The molecule has 3 aromatic rings. The van der Waals surface area contributed by atoms with Gasteiger partial charge >= 0.3 is 0 Å². The molecule has 0 amide bonds. The smallest absolute Gasteiger partial charge is 0.248 e. The van der Waals surface area contributed by atoms with Gasteiger partial charge in [0.25, 0.3) is 0 Å². The summed E-state index contributed by atoms with van der Waals surface area (Å²) in [6.45, 7) is 0.813. The van der Waals surface area contributed by atoms with Gasteiger partial charge in [-0.15, -0.1) is 0 Å². The minimum absolute atomic E-state index is 0.351. The molecule has 1 aromatic carbocycles. The number of benzene rings is 1. The number of para-hydroxylation sites is 1. The molecule has 2 aromatic heterocycles. The maximum Gasteiger partial charge on any atom is 0.248 e. The summed E-state index contributed by atoms with van der Waals surface area (Å²) in [5, 5.41) is 9.21. The summed E-state index contributed by atoms with van der Waals surface area (Å²) in [6.07, 6.45) is 1.82. The third kappa shape index (κ3) is 1.98. The van der Waals surface area contributed by atoms with Crippen molar-refractivity contribution in [3.05, 3.63) is 42.2 Å². The minimum atomic E-state index is 0.351. The summed E-state index contributed by atoms with van der Waals surface area (Å²) in [7, 11) is 1.59. The van der Waals surface area contributed by atoms with Crippen molar-refractivity contribution in [3.63, 3.8) is 0 Å². The summed E-state index contributed by atoms with van der Waals surface area (Å²) in [4.78, 5) is 4.22. The molecule has 2 heterocycles. The lowest BCUT2D eigenvalue weighted by atomic mass is 10.3. The van der Waals surface area contributed by atoms with E-state index in [1.165, 1.54) is 0 Å². The van der Waals surface area contributed by atoms with Crippen LogP contribution in [0.4, 0.5) is 0 Å². The molecule has 0 fully saturated rings. The molecule has 18 heavy (non-hydrogen) atoms. The van der Waals surface area contributed by atoms with E-state index in [4.69, 9.17) is 9.26 Å². The molecule has 6 heteroatoms. The Morgan fingerprint density at radius 2 is 2.22 bits per heavy atom. The summed E-state index contributed by atoms with van der Waals surface area (Å²) >= 11 is 0. The van der Waals surface area contributed by atoms with Gasteiger partial charge in [-0.1, -0.05) is 23.4 Å². The first-order valence-corrected chi connectivity index (χ1v) is 5.58. The van der Waals surface area contributed by atoms with Crippen LogP contribution in [0.5, 0.6) is 0 Å². The third-order valence-corrected chi connectivity index (χ3v) is 2.62. The van der Waals surface area contributed by atoms with Gasteiger partial charge < -0.3 is 9.26 Å². The van der Waals surface area contributed by atoms with Crippen molar-refractivity contribution in [2.45, 2.75) is 13.2 Å². The Bertz CT molecular complexity index is 659. The Kier molecular flexibility index (Phi) is 2.77. The van der Waals surface area contributed by atoms with Crippen molar-refractivity contribution in [2.75, 3.05) is 7.11 Å². The van der Waals surface area contributed by atoms with Crippen molar-refractivity contribution in [3.8, 4) is 0 Å². The monoisotopic (exact) mass is 244 g/mol. The SMILES string of the molecule is COCc1noc(Cn2ncc3ccccc32)n1. The van der Waals surface area contributed by atoms with Crippen LogP contribution in [0.3, 0.4) is 0 Å². The predicted molar refractivity (Wildman–Crippen MR) is 63.8 cm³/mol. The number of ether oxygens (including phenoxy) is 1. The van der Waals surface area contributed by atoms with Crippen LogP contribution in [0.15, 0.2) is 35.0 Å². The fourth-order valence-corrected chi connectivity index (χ4v) is 1.82. The molecule has 0 bridgehead atoms. The third-order valence-electron chi connectivity index (χ3n) is 2.62. The second kappa shape index (κ2) is 4.58. The second-order valence-corrected chi connectivity index (χ2v) is 3.90. The van der Waals surface area contributed by atoms with E-state index in [-0.39, 0.29) is 0 Å². The van der Waals surface area contributed by atoms with E-state index in [1.807, 2.05) is 35.1 Å². The molecule has 92 valence electrons. The molecule has 0 saturated carbocycles. The number of methoxy groups -OCH3 is 1. The fraction of sp³-hybridized carbons (Fsp3) is 0.250. The van der Waals surface area contributed by atoms with Gasteiger partial charge in [-0.3, -0.25) is 4.68 Å². The summed E-state index contributed by atoms with van der Waals surface area (Å²) < 4.78 is 11.9. The molecule has 0 spiro atoms. The Hall–Kier alpha value is -2.21. The van der Waals surface area contributed by atoms with E-state index in [0.29, 0.717) is 24.9 Å². The van der Waals surface area contributed by atoms with Crippen LogP contribution in [-0.4, -0.2) is 27.0 Å². The van der Waals surface area contributed by atoms with Gasteiger partial charge in [0.15, 0.2) is 5.82 Å². The fourth-order valence-electron chi connectivity index (χ4n) is 1.82. The molecule has 0 radical (unpaired) electrons. The molecule has 0 atom stereocenters. The quantitative estimate of drug-likeness (QED) is 0.697. The van der Waals surface area contributed by atoms with Gasteiger partial charge in [0.2, 0.25) is 5.89 Å². The van der Waals surface area contributed by atoms with E-state index in [2.05, 4.69) is 15.2 Å². The predicted octanol–water partition coefficient (Wildman–Crippen LogP) is 1.61. The van der Waals surface area contributed by atoms with E-state index >= 15 is 0 Å². The maximum absolute atomic E-state index is 5.14. The zero-order valence-corrected chi connectivity index (χ0v) is 9.91. The summed E-state index contributed by atoms with van der Waals surface area (Å²) in [5.41, 5.74) is 1.05. The second-order valence-electron chi connectivity index (χ2n) is 3.90. The number of hydrogen-bond donors (Lipinski definition) is 0. The van der Waals surface area contributed by atoms with Crippen LogP contribution in [0.1, 0.15) is 11.7 Å². The van der Waals surface area contributed by atoms with Gasteiger partial charge in [-0.25, -0.2) is 0 Å². The van der Waals surface area contributed by atoms with Crippen molar-refractivity contribution >= 4 is 10.9 Å². The molecular weight excluding hydrogens is 232 g/mol. The first kappa shape index (κ1) is 10.9. The van der Waals surface area contributed by atoms with Crippen LogP contribution in [0.2, 0.25) is 0 Å². The molecule has 0 aliphatic carbocycles. The van der Waals surface area contributed by atoms with Gasteiger partial charge in [0.05, 0.1) is 11.7 Å². The number of fused-ring (bicyclic) bond motifs is 1. The van der Waals surface area contributed by atoms with Crippen molar-refractivity contribution in [1.29, 1.82) is 0 Å². The first-order chi connectivity index (χ1) is 8.86. The summed E-state index contributed by atoms with van der Waals surface area (Å²) in [5.74, 6) is 1.07. The topological polar surface area (TPSA) is 66.0 Å². The molecule has 0 saturated heterocycles. The molecule has 0 aliphatic rings. The Morgan fingerprint density at radius 3 is 3.11 bits per heavy atom. The average molecular weight is 244 g/mol. The lowest BCUT2D eigenvalue weighted by Gasteiger charge is -1.98. The number of nitrogens with zero attached hydrogens (tertiary/aromatic N) is 4. The van der Waals surface area contributed by atoms with Crippen molar-refractivity contribution < 1.29 is 9.26 Å². The van der Waals surface area contributed by atoms with E-state index in [9.17, 15) is 0 Å². The van der Waals surface area contributed by atoms with E-state index in [0.717, 1.165) is 10.9 Å². The van der Waals surface area contributed by atoms with E-state index < -0.39 is 0 Å². The number of hydrogen-bond acceptors (Lipinski definition) is 5. The van der Waals surface area contributed by atoms with Crippen molar-refractivity contribution in [1.82, 2.24) is 19.9 Å². The Morgan fingerprint density at radius 1 is 1.33 bits per heavy atom. The minimum Gasteiger partial charge on any atom is -0.377 e. The van der Waals surface area contributed by atoms with Crippen LogP contribution >= 0.6 is 0 Å². The molecule has 0 N–H and O–H groups in total. The Labute approximate surface area is 103 Å². The largest absolute Gasteiger partial charge is 0.377 e. The van der Waals surface area contributed by atoms with Gasteiger partial charge in [-0.2, -0.15) is 10.1 Å². The van der Waals surface area contributed by atoms with Gasteiger partial charge in [0, 0.05) is 12.5 Å². The molecule has 0 aliphatic heterocycles. The van der Waals surface area contributed by atoms with Gasteiger partial charge in [-0.05, 0) is 6.07 Å². The van der Waals surface area contributed by atoms with Crippen LogP contribution in [0.25, 0.3) is 10.9 Å². The van der Waals surface area contributed by atoms with Crippen LogP contribution in [0, 0.1) is 0 Å². The standard InChI is InChI=1S/C12H12N4O2/c1-17-8-11-14-12(18-15-11)7-16-10-5-3-2-4-9(10)6-13-16/h2-6H,7-8H2,1H3. The van der Waals surface area contributed by atoms with Gasteiger partial charge in [0.1, 0.15) is 13.2 Å². The first-order valence-electron chi connectivity index (χ1n) is 5.58. The molecule has 0 unspecified atom stereocenters. The highest BCUT2D eigenvalue weighted by Crippen LogP contribution is 2.13. The highest BCUT2D eigenvalue weighted by molar-refractivity contribution is 5.78. The normalized spacial score (nSPS) is 11.2. The number of rotatable bonds is 4.